The Labute approximate surface area is 97.0 Å². The summed E-state index contributed by atoms with van der Waals surface area (Å²) in [6, 6.07) is 8.68. The lowest BCUT2D eigenvalue weighted by Crippen LogP contribution is -2.21. The normalized spacial score (nSPS) is 23.8. The van der Waals surface area contributed by atoms with Crippen LogP contribution >= 0.6 is 11.6 Å². The Balaban J connectivity index is 2.37. The monoisotopic (exact) mass is 220 g/mol. The van der Waals surface area contributed by atoms with E-state index in [1.54, 1.807) is 0 Å². The lowest BCUT2D eigenvalue weighted by atomic mass is 9.76. The van der Waals surface area contributed by atoms with E-state index in [9.17, 15) is 0 Å². The minimum Gasteiger partial charge on any atom is -0.127 e. The standard InChI is InChI=1S/C14H17Cl/c1-11-10-12-6-3-4-7-13(12)14(11,2)8-5-9-15/h3-4,6-7,10H,5,8-9H2,1-2H3. The van der Waals surface area contributed by atoms with Gasteiger partial charge in [0.15, 0.2) is 0 Å². The number of rotatable bonds is 3. The van der Waals surface area contributed by atoms with Crippen LogP contribution < -0.4 is 0 Å². The Kier molecular flexibility index (Phi) is 2.88. The maximum atomic E-state index is 5.80. The molecule has 0 N–H and O–H groups in total. The van der Waals surface area contributed by atoms with E-state index >= 15 is 0 Å². The fourth-order valence-electron chi connectivity index (χ4n) is 2.48. The largest absolute Gasteiger partial charge is 0.127 e. The van der Waals surface area contributed by atoms with Gasteiger partial charge in [0.05, 0.1) is 0 Å². The summed E-state index contributed by atoms with van der Waals surface area (Å²) >= 11 is 5.80. The second kappa shape index (κ2) is 4.02. The zero-order valence-electron chi connectivity index (χ0n) is 9.39. The van der Waals surface area contributed by atoms with Crippen molar-refractivity contribution in [2.75, 3.05) is 5.88 Å². The fraction of sp³-hybridized carbons (Fsp3) is 0.429. The Bertz CT molecular complexity index is 392. The number of halogens is 1. The molecule has 0 amide bonds. The molecule has 0 spiro atoms. The van der Waals surface area contributed by atoms with Crippen LogP contribution in [0.5, 0.6) is 0 Å². The molecule has 1 heteroatoms. The maximum Gasteiger partial charge on any atom is 0.0223 e. The summed E-state index contributed by atoms with van der Waals surface area (Å²) in [7, 11) is 0. The predicted molar refractivity (Wildman–Crippen MR) is 67.4 cm³/mol. The van der Waals surface area contributed by atoms with Gasteiger partial charge in [0.25, 0.3) is 0 Å². The first-order valence-corrected chi connectivity index (χ1v) is 6.06. The molecule has 80 valence electrons. The first-order valence-electron chi connectivity index (χ1n) is 5.53. The SMILES string of the molecule is CC1=Cc2ccccc2C1(C)CCCCl. The third-order valence-electron chi connectivity index (χ3n) is 3.61. The van der Waals surface area contributed by atoms with Crippen LogP contribution in [0, 0.1) is 0 Å². The molecule has 0 saturated heterocycles. The minimum atomic E-state index is 0.214. The smallest absolute Gasteiger partial charge is 0.0223 e. The fourth-order valence-corrected chi connectivity index (χ4v) is 2.62. The third kappa shape index (κ3) is 1.72. The van der Waals surface area contributed by atoms with Gasteiger partial charge in [-0.1, -0.05) is 42.8 Å². The van der Waals surface area contributed by atoms with Crippen molar-refractivity contribution in [2.24, 2.45) is 0 Å². The summed E-state index contributed by atoms with van der Waals surface area (Å²) in [6.45, 7) is 4.56. The van der Waals surface area contributed by atoms with E-state index in [4.69, 9.17) is 11.6 Å². The summed E-state index contributed by atoms with van der Waals surface area (Å²) in [5.74, 6) is 0.755. The molecular formula is C14H17Cl. The van der Waals surface area contributed by atoms with Crippen LogP contribution in [0.1, 0.15) is 37.8 Å². The molecule has 0 saturated carbocycles. The van der Waals surface area contributed by atoms with Gasteiger partial charge >= 0.3 is 0 Å². The summed E-state index contributed by atoms with van der Waals surface area (Å²) in [4.78, 5) is 0. The molecule has 0 nitrogen and oxygen atoms in total. The van der Waals surface area contributed by atoms with E-state index in [1.165, 1.54) is 16.7 Å². The quantitative estimate of drug-likeness (QED) is 0.664. The van der Waals surface area contributed by atoms with Crippen molar-refractivity contribution in [1.29, 1.82) is 0 Å². The summed E-state index contributed by atoms with van der Waals surface area (Å²) in [5.41, 5.74) is 4.53. The van der Waals surface area contributed by atoms with Crippen molar-refractivity contribution in [1.82, 2.24) is 0 Å². The lowest BCUT2D eigenvalue weighted by molar-refractivity contribution is 0.512. The van der Waals surface area contributed by atoms with E-state index < -0.39 is 0 Å². The molecule has 0 bridgehead atoms. The number of allylic oxidation sites excluding steroid dienone is 1. The number of benzene rings is 1. The van der Waals surface area contributed by atoms with Crippen LogP contribution in [0.3, 0.4) is 0 Å². The van der Waals surface area contributed by atoms with E-state index in [0.717, 1.165) is 18.7 Å². The molecule has 1 aliphatic rings. The van der Waals surface area contributed by atoms with Crippen LogP contribution in [-0.4, -0.2) is 5.88 Å². The van der Waals surface area contributed by atoms with Crippen LogP contribution in [-0.2, 0) is 5.41 Å². The van der Waals surface area contributed by atoms with Crippen LogP contribution in [0.2, 0.25) is 0 Å². The topological polar surface area (TPSA) is 0 Å². The highest BCUT2D eigenvalue weighted by molar-refractivity contribution is 6.17. The first kappa shape index (κ1) is 10.8. The van der Waals surface area contributed by atoms with E-state index in [1.807, 2.05) is 0 Å². The van der Waals surface area contributed by atoms with Gasteiger partial charge in [-0.05, 0) is 30.9 Å². The van der Waals surface area contributed by atoms with Crippen molar-refractivity contribution in [3.05, 3.63) is 41.0 Å². The highest BCUT2D eigenvalue weighted by Gasteiger charge is 2.33. The Morgan fingerprint density at radius 2 is 2.00 bits per heavy atom. The molecular weight excluding hydrogens is 204 g/mol. The van der Waals surface area contributed by atoms with Crippen molar-refractivity contribution < 1.29 is 0 Å². The summed E-state index contributed by atoms with van der Waals surface area (Å²) < 4.78 is 0. The molecule has 0 fully saturated rings. The highest BCUT2D eigenvalue weighted by atomic mass is 35.5. The highest BCUT2D eigenvalue weighted by Crippen LogP contribution is 2.44. The Morgan fingerprint density at radius 1 is 1.27 bits per heavy atom. The zero-order valence-corrected chi connectivity index (χ0v) is 10.1. The predicted octanol–water partition coefficient (Wildman–Crippen LogP) is 4.38. The second-order valence-electron chi connectivity index (χ2n) is 4.54. The van der Waals surface area contributed by atoms with Crippen molar-refractivity contribution >= 4 is 17.7 Å². The van der Waals surface area contributed by atoms with E-state index in [2.05, 4.69) is 44.2 Å². The molecule has 0 aliphatic heterocycles. The first-order chi connectivity index (χ1) is 7.18. The van der Waals surface area contributed by atoms with Gasteiger partial charge in [0, 0.05) is 11.3 Å². The van der Waals surface area contributed by atoms with Crippen LogP contribution in [0.15, 0.2) is 29.8 Å². The zero-order chi connectivity index (χ0) is 10.9. The van der Waals surface area contributed by atoms with Gasteiger partial charge in [-0.15, -0.1) is 11.6 Å². The molecule has 1 unspecified atom stereocenters. The molecule has 2 rings (SSSR count). The number of fused-ring (bicyclic) bond motifs is 1. The molecule has 1 aromatic rings. The van der Waals surface area contributed by atoms with Gasteiger partial charge in [-0.25, -0.2) is 0 Å². The van der Waals surface area contributed by atoms with Crippen molar-refractivity contribution in [3.63, 3.8) is 0 Å². The van der Waals surface area contributed by atoms with Gasteiger partial charge in [-0.2, -0.15) is 0 Å². The molecule has 1 aliphatic carbocycles. The number of alkyl halides is 1. The summed E-state index contributed by atoms with van der Waals surface area (Å²) in [6.07, 6.45) is 4.54. The maximum absolute atomic E-state index is 5.80. The van der Waals surface area contributed by atoms with Gasteiger partial charge in [-0.3, -0.25) is 0 Å². The molecule has 0 radical (unpaired) electrons. The van der Waals surface area contributed by atoms with Gasteiger partial charge < -0.3 is 0 Å². The molecule has 0 heterocycles. The van der Waals surface area contributed by atoms with Crippen molar-refractivity contribution in [3.8, 4) is 0 Å². The van der Waals surface area contributed by atoms with Crippen LogP contribution in [0.4, 0.5) is 0 Å². The molecule has 1 aromatic carbocycles. The molecule has 0 aromatic heterocycles. The van der Waals surface area contributed by atoms with Gasteiger partial charge in [0.2, 0.25) is 0 Å². The summed E-state index contributed by atoms with van der Waals surface area (Å²) in [5, 5.41) is 0. The van der Waals surface area contributed by atoms with Gasteiger partial charge in [0.1, 0.15) is 0 Å². The van der Waals surface area contributed by atoms with Crippen molar-refractivity contribution in [2.45, 2.75) is 32.1 Å². The van der Waals surface area contributed by atoms with Crippen LogP contribution in [0.25, 0.3) is 6.08 Å². The molecule has 1 atom stereocenters. The number of hydrogen-bond donors (Lipinski definition) is 0. The second-order valence-corrected chi connectivity index (χ2v) is 4.92. The lowest BCUT2D eigenvalue weighted by Gasteiger charge is -2.28. The Hall–Kier alpha value is -0.750. The molecule has 15 heavy (non-hydrogen) atoms. The average Bonchev–Trinajstić information content (AvgIpc) is 2.50. The van der Waals surface area contributed by atoms with E-state index in [-0.39, 0.29) is 5.41 Å². The average molecular weight is 221 g/mol. The minimum absolute atomic E-state index is 0.214. The van der Waals surface area contributed by atoms with E-state index in [0.29, 0.717) is 0 Å². The number of hydrogen-bond acceptors (Lipinski definition) is 0. The third-order valence-corrected chi connectivity index (χ3v) is 3.88. The Morgan fingerprint density at radius 3 is 2.73 bits per heavy atom.